The number of ketones is 1. The minimum Gasteiger partial charge on any atom is -0.497 e. The summed E-state index contributed by atoms with van der Waals surface area (Å²) in [5.74, 6) is 1.35. The fourth-order valence-electron chi connectivity index (χ4n) is 3.72. The maximum absolute atomic E-state index is 13.4. The Labute approximate surface area is 183 Å². The molecule has 1 aliphatic heterocycles. The molecule has 0 N–H and O–H groups in total. The first-order valence-corrected chi connectivity index (χ1v) is 10.6. The second-order valence-corrected chi connectivity index (χ2v) is 8.19. The number of benzene rings is 2. The number of thiazole rings is 1. The van der Waals surface area contributed by atoms with Gasteiger partial charge in [-0.25, -0.2) is 4.99 Å². The van der Waals surface area contributed by atoms with E-state index in [-0.39, 0.29) is 11.3 Å². The second-order valence-electron chi connectivity index (χ2n) is 7.18. The first-order chi connectivity index (χ1) is 14.9. The normalized spacial score (nSPS) is 16.0. The SMILES string of the molecule is COc1ccc(C=c2sc3n(c2=O)C(c2ccc(OC)cc2)C(C(C)=O)=C(C)N=3)cc1. The number of methoxy groups -OCH3 is 2. The summed E-state index contributed by atoms with van der Waals surface area (Å²) in [6.45, 7) is 3.32. The van der Waals surface area contributed by atoms with Crippen molar-refractivity contribution in [2.75, 3.05) is 14.2 Å². The molecule has 7 heteroatoms. The Hall–Kier alpha value is -3.45. The number of rotatable bonds is 5. The van der Waals surface area contributed by atoms with Gasteiger partial charge < -0.3 is 9.47 Å². The lowest BCUT2D eigenvalue weighted by Crippen LogP contribution is -2.39. The van der Waals surface area contributed by atoms with Crippen LogP contribution in [0.3, 0.4) is 0 Å². The van der Waals surface area contributed by atoms with Crippen LogP contribution in [0.1, 0.15) is 31.0 Å². The van der Waals surface area contributed by atoms with Crippen LogP contribution in [-0.2, 0) is 4.79 Å². The van der Waals surface area contributed by atoms with Crippen LogP contribution in [0.25, 0.3) is 6.08 Å². The van der Waals surface area contributed by atoms with Crippen LogP contribution in [0.2, 0.25) is 0 Å². The molecule has 0 saturated carbocycles. The predicted molar refractivity (Wildman–Crippen MR) is 120 cm³/mol. The van der Waals surface area contributed by atoms with Gasteiger partial charge in [-0.15, -0.1) is 0 Å². The highest BCUT2D eigenvalue weighted by Crippen LogP contribution is 2.31. The monoisotopic (exact) mass is 434 g/mol. The first kappa shape index (κ1) is 20.8. The maximum Gasteiger partial charge on any atom is 0.271 e. The lowest BCUT2D eigenvalue weighted by Gasteiger charge is -2.24. The summed E-state index contributed by atoms with van der Waals surface area (Å²) in [5, 5.41) is 0. The van der Waals surface area contributed by atoms with Gasteiger partial charge in [0, 0.05) is 11.3 Å². The minimum atomic E-state index is -0.530. The zero-order chi connectivity index (χ0) is 22.1. The van der Waals surface area contributed by atoms with E-state index < -0.39 is 6.04 Å². The highest BCUT2D eigenvalue weighted by Gasteiger charge is 2.30. The van der Waals surface area contributed by atoms with Crippen molar-refractivity contribution in [3.63, 3.8) is 0 Å². The molecule has 0 saturated heterocycles. The summed E-state index contributed by atoms with van der Waals surface area (Å²) in [7, 11) is 3.21. The van der Waals surface area contributed by atoms with Crippen LogP contribution < -0.4 is 24.4 Å². The number of hydrogen-bond acceptors (Lipinski definition) is 6. The molecule has 0 bridgehead atoms. The summed E-state index contributed by atoms with van der Waals surface area (Å²) in [4.78, 5) is 31.1. The molecule has 4 rings (SSSR count). The third-order valence-electron chi connectivity index (χ3n) is 5.25. The number of fused-ring (bicyclic) bond motifs is 1. The van der Waals surface area contributed by atoms with Crippen LogP contribution in [-0.4, -0.2) is 24.6 Å². The lowest BCUT2D eigenvalue weighted by atomic mass is 9.93. The molecule has 1 unspecified atom stereocenters. The Morgan fingerprint density at radius 1 is 1.03 bits per heavy atom. The standard InChI is InChI=1S/C24H22N2O4S/c1-14-21(15(2)27)22(17-7-11-19(30-4)12-8-17)26-23(28)20(31-24(26)25-14)13-16-5-9-18(29-3)10-6-16/h5-13,22H,1-4H3. The van der Waals surface area contributed by atoms with E-state index in [9.17, 15) is 9.59 Å². The number of Topliss-reactive ketones (excluding diaryl/α,β-unsaturated/α-hetero) is 1. The van der Waals surface area contributed by atoms with Gasteiger partial charge >= 0.3 is 0 Å². The molecule has 0 fully saturated rings. The molecule has 3 aromatic rings. The molecular weight excluding hydrogens is 412 g/mol. The van der Waals surface area contributed by atoms with Gasteiger partial charge in [0.1, 0.15) is 11.5 Å². The van der Waals surface area contributed by atoms with Crippen molar-refractivity contribution >= 4 is 23.2 Å². The largest absolute Gasteiger partial charge is 0.497 e. The van der Waals surface area contributed by atoms with E-state index in [1.165, 1.54) is 18.3 Å². The summed E-state index contributed by atoms with van der Waals surface area (Å²) in [6, 6.07) is 14.4. The quantitative estimate of drug-likeness (QED) is 0.619. The van der Waals surface area contributed by atoms with E-state index in [1.54, 1.807) is 18.8 Å². The first-order valence-electron chi connectivity index (χ1n) is 9.74. The summed E-state index contributed by atoms with van der Waals surface area (Å²) in [6.07, 6.45) is 1.83. The highest BCUT2D eigenvalue weighted by molar-refractivity contribution is 7.07. The topological polar surface area (TPSA) is 69.9 Å². The van der Waals surface area contributed by atoms with Crippen molar-refractivity contribution in [1.82, 2.24) is 4.57 Å². The zero-order valence-corrected chi connectivity index (χ0v) is 18.5. The Balaban J connectivity index is 1.91. The van der Waals surface area contributed by atoms with Gasteiger partial charge in [0.2, 0.25) is 0 Å². The molecule has 1 aliphatic rings. The fourth-order valence-corrected chi connectivity index (χ4v) is 4.77. The zero-order valence-electron chi connectivity index (χ0n) is 17.7. The van der Waals surface area contributed by atoms with E-state index in [2.05, 4.69) is 4.99 Å². The van der Waals surface area contributed by atoms with E-state index in [4.69, 9.17) is 9.47 Å². The summed E-state index contributed by atoms with van der Waals surface area (Å²) >= 11 is 1.32. The summed E-state index contributed by atoms with van der Waals surface area (Å²) < 4.78 is 12.6. The van der Waals surface area contributed by atoms with E-state index in [0.29, 0.717) is 26.4 Å². The molecule has 0 spiro atoms. The number of carbonyl (C=O) groups excluding carboxylic acids is 1. The number of ether oxygens (including phenoxy) is 2. The van der Waals surface area contributed by atoms with E-state index in [0.717, 1.165) is 16.9 Å². The van der Waals surface area contributed by atoms with Gasteiger partial charge in [-0.1, -0.05) is 35.6 Å². The van der Waals surface area contributed by atoms with Gasteiger partial charge in [-0.3, -0.25) is 14.2 Å². The third kappa shape index (κ3) is 3.84. The van der Waals surface area contributed by atoms with Gasteiger partial charge in [-0.2, -0.15) is 0 Å². The van der Waals surface area contributed by atoms with Crippen molar-refractivity contribution < 1.29 is 14.3 Å². The molecule has 0 aliphatic carbocycles. The van der Waals surface area contributed by atoms with Crippen LogP contribution in [0.15, 0.2) is 69.6 Å². The Kier molecular flexibility index (Phi) is 5.61. The number of nitrogens with zero attached hydrogens (tertiary/aromatic N) is 2. The van der Waals surface area contributed by atoms with Crippen molar-refractivity contribution in [1.29, 1.82) is 0 Å². The number of hydrogen-bond donors (Lipinski definition) is 0. The van der Waals surface area contributed by atoms with Gasteiger partial charge in [0.25, 0.3) is 5.56 Å². The van der Waals surface area contributed by atoms with Gasteiger partial charge in [-0.05, 0) is 55.3 Å². The smallest absolute Gasteiger partial charge is 0.271 e. The predicted octanol–water partition coefficient (Wildman–Crippen LogP) is 2.84. The number of carbonyl (C=O) groups is 1. The molecule has 0 amide bonds. The third-order valence-corrected chi connectivity index (χ3v) is 6.23. The molecular formula is C24H22N2O4S. The van der Waals surface area contributed by atoms with Crippen LogP contribution >= 0.6 is 11.3 Å². The Morgan fingerprint density at radius 3 is 2.16 bits per heavy atom. The van der Waals surface area contributed by atoms with Crippen LogP contribution in [0.4, 0.5) is 0 Å². The Morgan fingerprint density at radius 2 is 1.61 bits per heavy atom. The maximum atomic E-state index is 13.4. The molecule has 6 nitrogen and oxygen atoms in total. The molecule has 2 aromatic carbocycles. The van der Waals surface area contributed by atoms with Crippen LogP contribution in [0, 0.1) is 0 Å². The molecule has 1 atom stereocenters. The Bertz CT molecular complexity index is 1350. The van der Waals surface area contributed by atoms with E-state index >= 15 is 0 Å². The lowest BCUT2D eigenvalue weighted by molar-refractivity contribution is -0.114. The molecule has 0 radical (unpaired) electrons. The molecule has 1 aromatic heterocycles. The fraction of sp³-hybridized carbons (Fsp3) is 0.208. The molecule has 158 valence electrons. The average Bonchev–Trinajstić information content (AvgIpc) is 3.07. The summed E-state index contributed by atoms with van der Waals surface area (Å²) in [5.41, 5.74) is 2.69. The van der Waals surface area contributed by atoms with Crippen molar-refractivity contribution in [2.45, 2.75) is 19.9 Å². The van der Waals surface area contributed by atoms with Crippen molar-refractivity contribution in [3.05, 3.63) is 90.6 Å². The van der Waals surface area contributed by atoms with Crippen molar-refractivity contribution in [3.8, 4) is 11.5 Å². The molecule has 2 heterocycles. The van der Waals surface area contributed by atoms with Crippen molar-refractivity contribution in [2.24, 2.45) is 4.99 Å². The van der Waals surface area contributed by atoms with Gasteiger partial charge in [0.05, 0.1) is 24.8 Å². The highest BCUT2D eigenvalue weighted by atomic mass is 32.1. The second kappa shape index (κ2) is 8.35. The number of allylic oxidation sites excluding steroid dienone is 2. The molecule has 31 heavy (non-hydrogen) atoms. The van der Waals surface area contributed by atoms with Crippen LogP contribution in [0.5, 0.6) is 11.5 Å². The van der Waals surface area contributed by atoms with E-state index in [1.807, 2.05) is 61.5 Å². The average molecular weight is 435 g/mol. The van der Waals surface area contributed by atoms with Gasteiger partial charge in [0.15, 0.2) is 10.6 Å². The number of aromatic nitrogens is 1. The minimum absolute atomic E-state index is 0.105.